The molecule has 0 aromatic heterocycles. The Morgan fingerprint density at radius 2 is 1.69 bits per heavy atom. The average Bonchev–Trinajstić information content (AvgIpc) is 2.16. The number of halogens is 1. The summed E-state index contributed by atoms with van der Waals surface area (Å²) in [6.07, 6.45) is -1.08. The van der Waals surface area contributed by atoms with E-state index in [1.165, 1.54) is 13.8 Å². The highest BCUT2D eigenvalue weighted by Gasteiger charge is 2.41. The lowest BCUT2D eigenvalue weighted by atomic mass is 9.98. The molecule has 1 rings (SSSR count). The highest BCUT2D eigenvalue weighted by Crippen LogP contribution is 2.28. The highest BCUT2D eigenvalue weighted by atomic mass is 79.9. The molecule has 0 radical (unpaired) electrons. The summed E-state index contributed by atoms with van der Waals surface area (Å²) in [5, 5.41) is -0.447. The molecule has 1 aliphatic rings. The van der Waals surface area contributed by atoms with Crippen molar-refractivity contribution in [3.63, 3.8) is 0 Å². The van der Waals surface area contributed by atoms with Crippen LogP contribution in [0.3, 0.4) is 0 Å². The molecule has 1 fully saturated rings. The third kappa shape index (κ3) is 3.45. The monoisotopic (exact) mass is 294 g/mol. The van der Waals surface area contributed by atoms with Crippen molar-refractivity contribution in [2.24, 2.45) is 5.92 Å². The summed E-state index contributed by atoms with van der Waals surface area (Å²) in [5.41, 5.74) is 0. The molecule has 0 aliphatic carbocycles. The van der Waals surface area contributed by atoms with Gasteiger partial charge in [0.15, 0.2) is 11.1 Å². The molecule has 0 N–H and O–H groups in total. The maximum atomic E-state index is 11.0. The minimum Gasteiger partial charge on any atom is -0.458 e. The molecule has 0 aromatic carbocycles. The van der Waals surface area contributed by atoms with E-state index in [-0.39, 0.29) is 5.92 Å². The standard InChI is InChI=1S/C10H15BrO5/c1-5-4-14-10(11)9(16-7(3)13)8(5)15-6(2)12/h5,8-10H,4H2,1-3H3/t5-,8-,9+,10-/m0/s1. The van der Waals surface area contributed by atoms with Crippen LogP contribution in [0.5, 0.6) is 0 Å². The molecule has 4 atom stereocenters. The summed E-state index contributed by atoms with van der Waals surface area (Å²) in [5.74, 6) is -0.832. The van der Waals surface area contributed by atoms with E-state index in [0.29, 0.717) is 6.61 Å². The van der Waals surface area contributed by atoms with Gasteiger partial charge in [0.1, 0.15) is 6.10 Å². The minimum absolute atomic E-state index is 0.0120. The van der Waals surface area contributed by atoms with Gasteiger partial charge in [-0.2, -0.15) is 0 Å². The first kappa shape index (κ1) is 13.4. The fourth-order valence-electron chi connectivity index (χ4n) is 1.59. The Morgan fingerprint density at radius 1 is 1.19 bits per heavy atom. The van der Waals surface area contributed by atoms with Crippen molar-refractivity contribution in [1.29, 1.82) is 0 Å². The maximum Gasteiger partial charge on any atom is 0.303 e. The number of alkyl halides is 1. The third-order valence-electron chi connectivity index (χ3n) is 2.27. The van der Waals surface area contributed by atoms with Crippen LogP contribution in [0.25, 0.3) is 0 Å². The van der Waals surface area contributed by atoms with Gasteiger partial charge in [-0.15, -0.1) is 0 Å². The fourth-order valence-corrected chi connectivity index (χ4v) is 2.15. The quantitative estimate of drug-likeness (QED) is 0.566. The zero-order valence-electron chi connectivity index (χ0n) is 9.44. The van der Waals surface area contributed by atoms with E-state index in [0.717, 1.165) is 0 Å². The van der Waals surface area contributed by atoms with Crippen molar-refractivity contribution in [2.45, 2.75) is 38.0 Å². The smallest absolute Gasteiger partial charge is 0.303 e. The predicted octanol–water partition coefficient (Wildman–Crippen LogP) is 1.24. The second-order valence-electron chi connectivity index (χ2n) is 3.81. The van der Waals surface area contributed by atoms with Crippen molar-refractivity contribution >= 4 is 27.9 Å². The molecule has 16 heavy (non-hydrogen) atoms. The first-order valence-electron chi connectivity index (χ1n) is 5.02. The van der Waals surface area contributed by atoms with E-state index in [1.54, 1.807) is 0 Å². The van der Waals surface area contributed by atoms with E-state index in [2.05, 4.69) is 15.9 Å². The fraction of sp³-hybridized carbons (Fsp3) is 0.800. The van der Waals surface area contributed by atoms with Gasteiger partial charge in [0, 0.05) is 19.8 Å². The first-order valence-corrected chi connectivity index (χ1v) is 5.93. The lowest BCUT2D eigenvalue weighted by molar-refractivity contribution is -0.191. The summed E-state index contributed by atoms with van der Waals surface area (Å²) in [4.78, 5) is 21.9. The normalized spacial score (nSPS) is 34.2. The number of esters is 2. The van der Waals surface area contributed by atoms with Gasteiger partial charge in [0.05, 0.1) is 6.61 Å². The molecule has 0 amide bonds. The number of carbonyl (C=O) groups excluding carboxylic acids is 2. The van der Waals surface area contributed by atoms with Crippen LogP contribution in [-0.4, -0.2) is 35.8 Å². The lowest BCUT2D eigenvalue weighted by Crippen LogP contribution is -2.50. The van der Waals surface area contributed by atoms with Gasteiger partial charge in [0.2, 0.25) is 0 Å². The van der Waals surface area contributed by atoms with Crippen LogP contribution < -0.4 is 0 Å². The molecule has 0 saturated carbocycles. The molecule has 1 aliphatic heterocycles. The molecule has 6 heteroatoms. The summed E-state index contributed by atoms with van der Waals surface area (Å²) >= 11 is 3.25. The highest BCUT2D eigenvalue weighted by molar-refractivity contribution is 9.09. The molecule has 1 heterocycles. The van der Waals surface area contributed by atoms with Gasteiger partial charge < -0.3 is 14.2 Å². The van der Waals surface area contributed by atoms with Crippen molar-refractivity contribution in [3.05, 3.63) is 0 Å². The van der Waals surface area contributed by atoms with Crippen molar-refractivity contribution in [3.8, 4) is 0 Å². The van der Waals surface area contributed by atoms with E-state index in [1.807, 2.05) is 6.92 Å². The van der Waals surface area contributed by atoms with Crippen molar-refractivity contribution in [2.75, 3.05) is 6.61 Å². The Bertz CT molecular complexity index is 252. The molecule has 0 spiro atoms. The number of hydrogen-bond donors (Lipinski definition) is 0. The van der Waals surface area contributed by atoms with E-state index < -0.39 is 29.2 Å². The van der Waals surface area contributed by atoms with Crippen LogP contribution in [0.15, 0.2) is 0 Å². The number of carbonyl (C=O) groups is 2. The summed E-state index contributed by atoms with van der Waals surface area (Å²) in [6, 6.07) is 0. The Balaban J connectivity index is 2.76. The van der Waals surface area contributed by atoms with Gasteiger partial charge in [0.25, 0.3) is 0 Å². The Labute approximate surface area is 103 Å². The predicted molar refractivity (Wildman–Crippen MR) is 58.9 cm³/mol. The largest absolute Gasteiger partial charge is 0.458 e. The van der Waals surface area contributed by atoms with Crippen molar-refractivity contribution in [1.82, 2.24) is 0 Å². The molecule has 92 valence electrons. The first-order chi connectivity index (χ1) is 7.41. The Morgan fingerprint density at radius 3 is 2.19 bits per heavy atom. The maximum absolute atomic E-state index is 11.0. The van der Waals surface area contributed by atoms with Crippen LogP contribution in [0.2, 0.25) is 0 Å². The zero-order chi connectivity index (χ0) is 12.3. The van der Waals surface area contributed by atoms with Gasteiger partial charge in [-0.1, -0.05) is 22.9 Å². The average molecular weight is 295 g/mol. The molecular formula is C10H15BrO5. The molecule has 0 bridgehead atoms. The van der Waals surface area contributed by atoms with Gasteiger partial charge in [-0.05, 0) is 0 Å². The van der Waals surface area contributed by atoms with Crippen molar-refractivity contribution < 1.29 is 23.8 Å². The Hall–Kier alpha value is -0.620. The van der Waals surface area contributed by atoms with Crippen LogP contribution in [0.4, 0.5) is 0 Å². The topological polar surface area (TPSA) is 61.8 Å². The molecule has 1 saturated heterocycles. The number of rotatable bonds is 2. The third-order valence-corrected chi connectivity index (χ3v) is 3.05. The van der Waals surface area contributed by atoms with Gasteiger partial charge in [-0.3, -0.25) is 9.59 Å². The minimum atomic E-state index is -0.606. The van der Waals surface area contributed by atoms with Crippen LogP contribution in [-0.2, 0) is 23.8 Å². The molecule has 5 nitrogen and oxygen atoms in total. The van der Waals surface area contributed by atoms with Gasteiger partial charge in [-0.25, -0.2) is 0 Å². The second kappa shape index (κ2) is 5.63. The summed E-state index contributed by atoms with van der Waals surface area (Å²) in [7, 11) is 0. The van der Waals surface area contributed by atoms with Crippen LogP contribution >= 0.6 is 15.9 Å². The second-order valence-corrected chi connectivity index (χ2v) is 4.71. The zero-order valence-corrected chi connectivity index (χ0v) is 11.0. The summed E-state index contributed by atoms with van der Waals surface area (Å²) in [6.45, 7) is 4.97. The number of ether oxygens (including phenoxy) is 3. The van der Waals surface area contributed by atoms with E-state index >= 15 is 0 Å². The molecular weight excluding hydrogens is 280 g/mol. The molecule has 0 aromatic rings. The van der Waals surface area contributed by atoms with Crippen LogP contribution in [0, 0.1) is 5.92 Å². The molecule has 0 unspecified atom stereocenters. The van der Waals surface area contributed by atoms with Gasteiger partial charge >= 0.3 is 11.9 Å². The van der Waals surface area contributed by atoms with E-state index in [9.17, 15) is 9.59 Å². The van der Waals surface area contributed by atoms with E-state index in [4.69, 9.17) is 14.2 Å². The Kier molecular flexibility index (Phi) is 4.73. The lowest BCUT2D eigenvalue weighted by Gasteiger charge is -2.37. The summed E-state index contributed by atoms with van der Waals surface area (Å²) < 4.78 is 15.6. The van der Waals surface area contributed by atoms with Crippen LogP contribution in [0.1, 0.15) is 20.8 Å². The number of hydrogen-bond acceptors (Lipinski definition) is 5. The SMILES string of the molecule is CC(=O)O[C@@H]1[C@@H](OC(C)=O)[C@@H](Br)OC[C@@H]1C.